The highest BCUT2D eigenvalue weighted by molar-refractivity contribution is 7.92. The number of methoxy groups -OCH3 is 1. The maximum Gasteiger partial charge on any atom is 0.337 e. The summed E-state index contributed by atoms with van der Waals surface area (Å²) >= 11 is 0. The third-order valence-corrected chi connectivity index (χ3v) is 6.07. The average Bonchev–Trinajstić information content (AvgIpc) is 2.71. The number of carbonyl (C=O) groups excluding carboxylic acids is 1. The van der Waals surface area contributed by atoms with E-state index in [0.29, 0.717) is 36.0 Å². The molecule has 0 aliphatic carbocycles. The second kappa shape index (κ2) is 7.93. The summed E-state index contributed by atoms with van der Waals surface area (Å²) in [4.78, 5) is 12.0. The maximum absolute atomic E-state index is 13.4. The van der Waals surface area contributed by atoms with Gasteiger partial charge >= 0.3 is 5.97 Å². The number of benzene rings is 2. The van der Waals surface area contributed by atoms with Gasteiger partial charge in [-0.25, -0.2) is 13.2 Å². The molecule has 0 fully saturated rings. The quantitative estimate of drug-likeness (QED) is 0.545. The minimum absolute atomic E-state index is 0.0300. The van der Waals surface area contributed by atoms with Crippen LogP contribution in [0.25, 0.3) is 0 Å². The molecule has 0 aromatic heterocycles. The van der Waals surface area contributed by atoms with E-state index in [1.165, 1.54) is 35.7 Å². The van der Waals surface area contributed by atoms with Crippen LogP contribution in [0, 0.1) is 6.92 Å². The summed E-state index contributed by atoms with van der Waals surface area (Å²) in [6.07, 6.45) is 1.49. The van der Waals surface area contributed by atoms with Crippen LogP contribution in [0.1, 0.15) is 15.9 Å². The van der Waals surface area contributed by atoms with Crippen LogP contribution in [0.3, 0.4) is 0 Å². The van der Waals surface area contributed by atoms with Crippen molar-refractivity contribution in [2.24, 2.45) is 0 Å². The molecule has 0 N–H and O–H groups in total. The topological polar surface area (TPSA) is 82.1 Å². The van der Waals surface area contributed by atoms with Crippen molar-refractivity contribution in [3.8, 4) is 11.5 Å². The second-order valence-corrected chi connectivity index (χ2v) is 7.99. The van der Waals surface area contributed by atoms with Crippen LogP contribution >= 0.6 is 0 Å². The number of anilines is 1. The van der Waals surface area contributed by atoms with Crippen LogP contribution in [0.2, 0.25) is 0 Å². The predicted molar refractivity (Wildman–Crippen MR) is 105 cm³/mol. The Morgan fingerprint density at radius 3 is 2.57 bits per heavy atom. The number of aryl methyl sites for hydroxylation is 1. The highest BCUT2D eigenvalue weighted by Gasteiger charge is 2.28. The Morgan fingerprint density at radius 1 is 1.18 bits per heavy atom. The fourth-order valence-corrected chi connectivity index (χ4v) is 4.39. The van der Waals surface area contributed by atoms with Crippen molar-refractivity contribution in [2.45, 2.75) is 11.8 Å². The molecule has 0 saturated carbocycles. The van der Waals surface area contributed by atoms with Gasteiger partial charge in [-0.3, -0.25) is 4.31 Å². The zero-order chi connectivity index (χ0) is 20.3. The van der Waals surface area contributed by atoms with E-state index in [4.69, 9.17) is 14.2 Å². The number of sulfonamides is 1. The smallest absolute Gasteiger partial charge is 0.337 e. The van der Waals surface area contributed by atoms with Crippen molar-refractivity contribution in [1.29, 1.82) is 0 Å². The minimum atomic E-state index is -3.95. The fourth-order valence-electron chi connectivity index (χ4n) is 2.88. The van der Waals surface area contributed by atoms with Gasteiger partial charge in [0.1, 0.15) is 13.2 Å². The Bertz CT molecular complexity index is 1020. The summed E-state index contributed by atoms with van der Waals surface area (Å²) in [7, 11) is -2.67. The van der Waals surface area contributed by atoms with Gasteiger partial charge in [0, 0.05) is 6.07 Å². The molecule has 0 radical (unpaired) electrons. The summed E-state index contributed by atoms with van der Waals surface area (Å²) in [6.45, 7) is 6.24. The van der Waals surface area contributed by atoms with Crippen molar-refractivity contribution in [2.75, 3.05) is 31.2 Å². The van der Waals surface area contributed by atoms with Crippen molar-refractivity contribution in [3.63, 3.8) is 0 Å². The van der Waals surface area contributed by atoms with Gasteiger partial charge in [0.25, 0.3) is 10.0 Å². The standard InChI is InChI=1S/C20H21NO6S/c1-4-9-21(17-12-15(20(22)25-3)6-5-14(17)2)28(23,24)16-7-8-18-19(13-16)27-11-10-26-18/h4-8,12-13H,1,9-11H2,2-3H3. The van der Waals surface area contributed by atoms with Crippen LogP contribution in [-0.4, -0.2) is 41.3 Å². The van der Waals surface area contributed by atoms with Gasteiger partial charge in [-0.1, -0.05) is 12.1 Å². The minimum Gasteiger partial charge on any atom is -0.486 e. The first kappa shape index (κ1) is 19.8. The Balaban J connectivity index is 2.09. The number of nitrogens with zero attached hydrogens (tertiary/aromatic N) is 1. The average molecular weight is 403 g/mol. The molecule has 0 amide bonds. The largest absolute Gasteiger partial charge is 0.486 e. The van der Waals surface area contributed by atoms with Gasteiger partial charge in [-0.15, -0.1) is 6.58 Å². The Labute approximate surface area is 164 Å². The molecule has 0 saturated heterocycles. The van der Waals surface area contributed by atoms with Gasteiger partial charge in [0.2, 0.25) is 0 Å². The predicted octanol–water partition coefficient (Wildman–Crippen LogP) is 2.93. The first-order chi connectivity index (χ1) is 13.4. The number of ether oxygens (including phenoxy) is 3. The fraction of sp³-hybridized carbons (Fsp3) is 0.250. The monoisotopic (exact) mass is 403 g/mol. The number of hydrogen-bond donors (Lipinski definition) is 0. The van der Waals surface area contributed by atoms with Crippen molar-refractivity contribution in [1.82, 2.24) is 0 Å². The number of esters is 1. The van der Waals surface area contributed by atoms with E-state index in [-0.39, 0.29) is 17.0 Å². The van der Waals surface area contributed by atoms with Gasteiger partial charge in [0.05, 0.1) is 29.8 Å². The molecule has 3 rings (SSSR count). The number of fused-ring (bicyclic) bond motifs is 1. The summed E-state index contributed by atoms with van der Waals surface area (Å²) in [6, 6.07) is 9.26. The van der Waals surface area contributed by atoms with Crippen LogP contribution in [0.4, 0.5) is 5.69 Å². The molecule has 28 heavy (non-hydrogen) atoms. The lowest BCUT2D eigenvalue weighted by molar-refractivity contribution is 0.0600. The lowest BCUT2D eigenvalue weighted by atomic mass is 10.1. The van der Waals surface area contributed by atoms with E-state index in [1.807, 2.05) is 0 Å². The summed E-state index contributed by atoms with van der Waals surface area (Å²) in [5.41, 5.74) is 1.32. The molecule has 0 spiro atoms. The van der Waals surface area contributed by atoms with Gasteiger partial charge in [0.15, 0.2) is 11.5 Å². The van der Waals surface area contributed by atoms with Crippen LogP contribution in [-0.2, 0) is 14.8 Å². The highest BCUT2D eigenvalue weighted by Crippen LogP contribution is 2.35. The van der Waals surface area contributed by atoms with Crippen molar-refractivity contribution >= 4 is 21.7 Å². The molecule has 148 valence electrons. The number of carbonyl (C=O) groups is 1. The molecule has 0 atom stereocenters. The third-order valence-electron chi connectivity index (χ3n) is 4.30. The number of hydrogen-bond acceptors (Lipinski definition) is 6. The highest BCUT2D eigenvalue weighted by atomic mass is 32.2. The molecule has 8 heteroatoms. The Hall–Kier alpha value is -3.00. The molecule has 0 unspecified atom stereocenters. The third kappa shape index (κ3) is 3.68. The Morgan fingerprint density at radius 2 is 1.89 bits per heavy atom. The molecular formula is C20H21NO6S. The zero-order valence-corrected chi connectivity index (χ0v) is 16.5. The van der Waals surface area contributed by atoms with Crippen LogP contribution < -0.4 is 13.8 Å². The molecule has 2 aromatic rings. The van der Waals surface area contributed by atoms with Crippen molar-refractivity contribution in [3.05, 3.63) is 60.2 Å². The van der Waals surface area contributed by atoms with E-state index < -0.39 is 16.0 Å². The zero-order valence-electron chi connectivity index (χ0n) is 15.7. The van der Waals surface area contributed by atoms with E-state index in [9.17, 15) is 13.2 Å². The normalized spacial score (nSPS) is 12.9. The molecule has 1 heterocycles. The van der Waals surface area contributed by atoms with E-state index >= 15 is 0 Å². The molecule has 1 aliphatic rings. The SMILES string of the molecule is C=CCN(c1cc(C(=O)OC)ccc1C)S(=O)(=O)c1ccc2c(c1)OCCO2. The molecular weight excluding hydrogens is 382 g/mol. The Kier molecular flexibility index (Phi) is 5.60. The molecule has 1 aliphatic heterocycles. The van der Waals surface area contributed by atoms with Gasteiger partial charge < -0.3 is 14.2 Å². The van der Waals surface area contributed by atoms with Crippen molar-refractivity contribution < 1.29 is 27.4 Å². The first-order valence-electron chi connectivity index (χ1n) is 8.60. The number of rotatable bonds is 6. The first-order valence-corrected chi connectivity index (χ1v) is 10.0. The van der Waals surface area contributed by atoms with Crippen LogP contribution in [0.5, 0.6) is 11.5 Å². The summed E-state index contributed by atoms with van der Waals surface area (Å²) in [5.74, 6) is 0.340. The maximum atomic E-state index is 13.4. The summed E-state index contributed by atoms with van der Waals surface area (Å²) in [5, 5.41) is 0. The van der Waals surface area contributed by atoms with E-state index in [0.717, 1.165) is 0 Å². The molecule has 7 nitrogen and oxygen atoms in total. The second-order valence-electron chi connectivity index (χ2n) is 6.12. The molecule has 2 aromatic carbocycles. The summed E-state index contributed by atoms with van der Waals surface area (Å²) < 4.78 is 43.7. The van der Waals surface area contributed by atoms with E-state index in [1.54, 1.807) is 25.1 Å². The van der Waals surface area contributed by atoms with Gasteiger partial charge in [-0.05, 0) is 36.8 Å². The van der Waals surface area contributed by atoms with Gasteiger partial charge in [-0.2, -0.15) is 0 Å². The lowest BCUT2D eigenvalue weighted by Crippen LogP contribution is -2.32. The van der Waals surface area contributed by atoms with Crippen LogP contribution in [0.15, 0.2) is 53.9 Å². The molecule has 0 bridgehead atoms. The lowest BCUT2D eigenvalue weighted by Gasteiger charge is -2.26. The van der Waals surface area contributed by atoms with E-state index in [2.05, 4.69) is 6.58 Å².